The normalized spacial score (nSPS) is 21.1. The average Bonchev–Trinajstić information content (AvgIpc) is 2.94. The van der Waals surface area contributed by atoms with Crippen molar-refractivity contribution in [3.8, 4) is 0 Å². The third kappa shape index (κ3) is 2.07. The molecule has 1 aromatic rings. The number of amides is 1. The molecule has 1 aliphatic heterocycles. The van der Waals surface area contributed by atoms with E-state index in [1.165, 1.54) is 0 Å². The SMILES string of the molecule is Cc1c(C(=O)N2CCCC2)oc2c1C(=O)CC(C)(C)C2. The Labute approximate surface area is 119 Å². The van der Waals surface area contributed by atoms with Gasteiger partial charge in [-0.1, -0.05) is 13.8 Å². The minimum absolute atomic E-state index is 0.0555. The first kappa shape index (κ1) is 13.4. The number of rotatable bonds is 1. The molecule has 1 fully saturated rings. The lowest BCUT2D eigenvalue weighted by Gasteiger charge is -2.27. The highest BCUT2D eigenvalue weighted by atomic mass is 16.4. The molecule has 0 N–H and O–H groups in total. The van der Waals surface area contributed by atoms with Crippen LogP contribution in [0, 0.1) is 12.3 Å². The molecular formula is C16H21NO3. The van der Waals surface area contributed by atoms with Crippen LogP contribution in [0.25, 0.3) is 0 Å². The van der Waals surface area contributed by atoms with Crippen LogP contribution in [0.3, 0.4) is 0 Å². The summed E-state index contributed by atoms with van der Waals surface area (Å²) >= 11 is 0. The molecule has 1 aliphatic carbocycles. The van der Waals surface area contributed by atoms with Gasteiger partial charge in [-0.2, -0.15) is 0 Å². The van der Waals surface area contributed by atoms with E-state index in [4.69, 9.17) is 4.42 Å². The van der Waals surface area contributed by atoms with Gasteiger partial charge < -0.3 is 9.32 Å². The predicted molar refractivity (Wildman–Crippen MR) is 75.0 cm³/mol. The first-order chi connectivity index (χ1) is 9.39. The van der Waals surface area contributed by atoms with Crippen LogP contribution in [-0.2, 0) is 6.42 Å². The second kappa shape index (κ2) is 4.47. The molecule has 1 saturated heterocycles. The molecule has 0 aromatic carbocycles. The summed E-state index contributed by atoms with van der Waals surface area (Å²) in [6.07, 6.45) is 3.36. The van der Waals surface area contributed by atoms with Crippen molar-refractivity contribution in [1.29, 1.82) is 0 Å². The summed E-state index contributed by atoms with van der Waals surface area (Å²) in [5, 5.41) is 0. The molecule has 4 nitrogen and oxygen atoms in total. The fourth-order valence-corrected chi connectivity index (χ4v) is 3.35. The standard InChI is InChI=1S/C16H21NO3/c1-10-13-11(18)8-16(2,3)9-12(13)20-14(10)15(19)17-6-4-5-7-17/h4-9H2,1-3H3. The molecular weight excluding hydrogens is 254 g/mol. The number of furan rings is 1. The number of ketones is 1. The zero-order valence-electron chi connectivity index (χ0n) is 12.4. The number of nitrogens with zero attached hydrogens (tertiary/aromatic N) is 1. The van der Waals surface area contributed by atoms with Crippen molar-refractivity contribution < 1.29 is 14.0 Å². The number of likely N-dealkylation sites (tertiary alicyclic amines) is 1. The van der Waals surface area contributed by atoms with Crippen LogP contribution >= 0.6 is 0 Å². The van der Waals surface area contributed by atoms with E-state index in [1.807, 2.05) is 11.8 Å². The van der Waals surface area contributed by atoms with Crippen LogP contribution in [0.2, 0.25) is 0 Å². The molecule has 108 valence electrons. The van der Waals surface area contributed by atoms with Gasteiger partial charge in [0.05, 0.1) is 5.56 Å². The van der Waals surface area contributed by atoms with Gasteiger partial charge in [0, 0.05) is 31.5 Å². The van der Waals surface area contributed by atoms with Gasteiger partial charge in [0.2, 0.25) is 0 Å². The van der Waals surface area contributed by atoms with Crippen molar-refractivity contribution in [3.63, 3.8) is 0 Å². The van der Waals surface area contributed by atoms with E-state index in [1.54, 1.807) is 0 Å². The highest BCUT2D eigenvalue weighted by molar-refractivity contribution is 6.03. The average molecular weight is 275 g/mol. The summed E-state index contributed by atoms with van der Waals surface area (Å²) in [6, 6.07) is 0. The van der Waals surface area contributed by atoms with Crippen molar-refractivity contribution in [1.82, 2.24) is 4.90 Å². The van der Waals surface area contributed by atoms with Crippen molar-refractivity contribution >= 4 is 11.7 Å². The molecule has 0 radical (unpaired) electrons. The quantitative estimate of drug-likeness (QED) is 0.791. The second-order valence-electron chi connectivity index (χ2n) is 6.79. The number of carbonyl (C=O) groups excluding carboxylic acids is 2. The van der Waals surface area contributed by atoms with Crippen molar-refractivity contribution in [2.75, 3.05) is 13.1 Å². The zero-order chi connectivity index (χ0) is 14.5. The molecule has 0 atom stereocenters. The lowest BCUT2D eigenvalue weighted by atomic mass is 9.76. The van der Waals surface area contributed by atoms with E-state index in [-0.39, 0.29) is 17.1 Å². The zero-order valence-corrected chi connectivity index (χ0v) is 12.4. The summed E-state index contributed by atoms with van der Waals surface area (Å²) in [4.78, 5) is 26.6. The van der Waals surface area contributed by atoms with E-state index in [2.05, 4.69) is 13.8 Å². The van der Waals surface area contributed by atoms with E-state index in [9.17, 15) is 9.59 Å². The van der Waals surface area contributed by atoms with Gasteiger partial charge in [-0.05, 0) is 25.2 Å². The smallest absolute Gasteiger partial charge is 0.289 e. The second-order valence-corrected chi connectivity index (χ2v) is 6.79. The molecule has 3 rings (SSSR count). The van der Waals surface area contributed by atoms with E-state index in [0.29, 0.717) is 23.5 Å². The lowest BCUT2D eigenvalue weighted by molar-refractivity contribution is 0.0754. The van der Waals surface area contributed by atoms with Gasteiger partial charge in [-0.3, -0.25) is 9.59 Å². The molecule has 1 amide bonds. The Morgan fingerprint density at radius 2 is 1.85 bits per heavy atom. The van der Waals surface area contributed by atoms with E-state index in [0.717, 1.165) is 37.9 Å². The number of Topliss-reactive ketones (excluding diaryl/α,β-unsaturated/α-hetero) is 1. The Bertz CT molecular complexity index is 577. The molecule has 0 bridgehead atoms. The van der Waals surface area contributed by atoms with Crippen LogP contribution < -0.4 is 0 Å². The summed E-state index contributed by atoms with van der Waals surface area (Å²) in [6.45, 7) is 7.55. The Morgan fingerprint density at radius 3 is 2.50 bits per heavy atom. The Morgan fingerprint density at radius 1 is 1.20 bits per heavy atom. The number of carbonyl (C=O) groups is 2. The third-order valence-corrected chi connectivity index (χ3v) is 4.36. The minimum Gasteiger partial charge on any atom is -0.455 e. The van der Waals surface area contributed by atoms with Gasteiger partial charge >= 0.3 is 0 Å². The summed E-state index contributed by atoms with van der Waals surface area (Å²) in [5.41, 5.74) is 1.31. The maximum Gasteiger partial charge on any atom is 0.289 e. The Kier molecular flexibility index (Phi) is 3.00. The molecule has 4 heteroatoms. The molecule has 0 spiro atoms. The van der Waals surface area contributed by atoms with Crippen LogP contribution in [0.4, 0.5) is 0 Å². The summed E-state index contributed by atoms with van der Waals surface area (Å²) in [7, 11) is 0. The van der Waals surface area contributed by atoms with Gasteiger partial charge in [0.25, 0.3) is 5.91 Å². The van der Waals surface area contributed by atoms with Crippen LogP contribution in [-0.4, -0.2) is 29.7 Å². The topological polar surface area (TPSA) is 50.5 Å². The van der Waals surface area contributed by atoms with E-state index < -0.39 is 0 Å². The van der Waals surface area contributed by atoms with Gasteiger partial charge in [-0.25, -0.2) is 0 Å². The highest BCUT2D eigenvalue weighted by Gasteiger charge is 2.37. The number of fused-ring (bicyclic) bond motifs is 1. The maximum atomic E-state index is 12.5. The molecule has 2 heterocycles. The van der Waals surface area contributed by atoms with Crippen LogP contribution in [0.5, 0.6) is 0 Å². The lowest BCUT2D eigenvalue weighted by Crippen LogP contribution is -2.28. The highest BCUT2D eigenvalue weighted by Crippen LogP contribution is 2.38. The number of hydrogen-bond acceptors (Lipinski definition) is 3. The molecule has 1 aromatic heterocycles. The van der Waals surface area contributed by atoms with Gasteiger partial charge in [-0.15, -0.1) is 0 Å². The first-order valence-electron chi connectivity index (χ1n) is 7.34. The first-order valence-corrected chi connectivity index (χ1v) is 7.34. The van der Waals surface area contributed by atoms with Gasteiger partial charge in [0.15, 0.2) is 11.5 Å². The third-order valence-electron chi connectivity index (χ3n) is 4.36. The van der Waals surface area contributed by atoms with Crippen molar-refractivity contribution in [2.24, 2.45) is 5.41 Å². The largest absolute Gasteiger partial charge is 0.455 e. The van der Waals surface area contributed by atoms with Crippen LogP contribution in [0.1, 0.15) is 65.3 Å². The fraction of sp³-hybridized carbons (Fsp3) is 0.625. The van der Waals surface area contributed by atoms with Gasteiger partial charge in [0.1, 0.15) is 5.76 Å². The fourth-order valence-electron chi connectivity index (χ4n) is 3.35. The molecule has 2 aliphatic rings. The van der Waals surface area contributed by atoms with Crippen LogP contribution in [0.15, 0.2) is 4.42 Å². The minimum atomic E-state index is -0.0810. The summed E-state index contributed by atoms with van der Waals surface area (Å²) < 4.78 is 5.81. The van der Waals surface area contributed by atoms with Crippen molar-refractivity contribution in [3.05, 3.63) is 22.6 Å². The molecule has 20 heavy (non-hydrogen) atoms. The Balaban J connectivity index is 1.99. The molecule has 0 saturated carbocycles. The number of hydrogen-bond donors (Lipinski definition) is 0. The Hall–Kier alpha value is -1.58. The molecule has 0 unspecified atom stereocenters. The summed E-state index contributed by atoms with van der Waals surface area (Å²) in [5.74, 6) is 1.13. The predicted octanol–water partition coefficient (Wildman–Crippen LogP) is 2.98. The van der Waals surface area contributed by atoms with E-state index >= 15 is 0 Å². The monoisotopic (exact) mass is 275 g/mol. The maximum absolute atomic E-state index is 12.5. The van der Waals surface area contributed by atoms with Crippen molar-refractivity contribution in [2.45, 2.75) is 46.5 Å².